The topological polar surface area (TPSA) is 110 Å². The number of carboxylic acid groups (broad SMARTS) is 1. The first-order valence-corrected chi connectivity index (χ1v) is 10.7. The average Bonchev–Trinajstić information content (AvgIpc) is 2.60. The van der Waals surface area contributed by atoms with Gasteiger partial charge in [-0.2, -0.15) is 0 Å². The molecule has 0 spiro atoms. The first-order chi connectivity index (χ1) is 12.7. The van der Waals surface area contributed by atoms with Gasteiger partial charge in [0, 0.05) is 6.04 Å². The zero-order chi connectivity index (χ0) is 20.9. The number of primary amides is 1. The molecule has 3 atom stereocenters. The van der Waals surface area contributed by atoms with Crippen LogP contribution in [0.15, 0.2) is 0 Å². The molecule has 0 heterocycles. The van der Waals surface area contributed by atoms with Crippen molar-refractivity contribution in [1.82, 2.24) is 4.90 Å². The molecule has 0 saturated heterocycles. The van der Waals surface area contributed by atoms with Crippen molar-refractivity contribution in [2.45, 2.75) is 102 Å². The Labute approximate surface area is 194 Å². The van der Waals surface area contributed by atoms with Crippen LogP contribution < -0.4 is 11.5 Å². The van der Waals surface area contributed by atoms with Gasteiger partial charge in [0.2, 0.25) is 5.91 Å². The molecule has 1 amide bonds. The first kappa shape index (κ1) is 30.1. The van der Waals surface area contributed by atoms with Crippen LogP contribution in [0.3, 0.4) is 0 Å². The van der Waals surface area contributed by atoms with Crippen molar-refractivity contribution in [1.29, 1.82) is 0 Å². The van der Waals surface area contributed by atoms with Crippen molar-refractivity contribution < 1.29 is 14.7 Å². The Balaban J connectivity index is 0. The molecule has 28 heavy (non-hydrogen) atoms. The normalized spacial score (nSPS) is 15.5. The Morgan fingerprint density at radius 1 is 0.929 bits per heavy atom. The fraction of sp³-hybridized carbons (Fsp3) is 0.905. The number of unbranched alkanes of at least 4 members (excludes halogenated alkanes) is 9. The number of carboxylic acids is 1. The summed E-state index contributed by atoms with van der Waals surface area (Å²) in [4.78, 5) is 25.9. The van der Waals surface area contributed by atoms with Crippen LogP contribution in [-0.4, -0.2) is 77.1 Å². The summed E-state index contributed by atoms with van der Waals surface area (Å²) in [6.07, 6.45) is 12.5. The Morgan fingerprint density at radius 3 is 1.68 bits per heavy atom. The molecule has 0 fully saturated rings. The van der Waals surface area contributed by atoms with Crippen LogP contribution >= 0.6 is 0 Å². The molecule has 3 unspecified atom stereocenters. The molecule has 0 aliphatic heterocycles. The minimum absolute atomic E-state index is 0. The minimum atomic E-state index is -1.61. The average molecular weight is 410 g/mol. The van der Waals surface area contributed by atoms with Gasteiger partial charge in [0.25, 0.3) is 0 Å². The van der Waals surface area contributed by atoms with E-state index in [1.165, 1.54) is 44.9 Å². The van der Waals surface area contributed by atoms with Crippen molar-refractivity contribution in [2.75, 3.05) is 14.1 Å². The van der Waals surface area contributed by atoms with Crippen LogP contribution in [0.5, 0.6) is 0 Å². The van der Waals surface area contributed by atoms with Gasteiger partial charge in [-0.1, -0.05) is 78.1 Å². The molecule has 7 heteroatoms. The molecule has 0 bridgehead atoms. The van der Waals surface area contributed by atoms with Crippen LogP contribution in [0.2, 0.25) is 0 Å². The number of carbonyl (C=O) groups is 2. The van der Waals surface area contributed by atoms with Gasteiger partial charge in [0.05, 0.1) is 5.92 Å². The molecule has 0 rings (SSSR count). The van der Waals surface area contributed by atoms with Crippen molar-refractivity contribution in [3.05, 3.63) is 0 Å². The maximum absolute atomic E-state index is 12.1. The van der Waals surface area contributed by atoms with E-state index in [4.69, 9.17) is 11.5 Å². The quantitative estimate of drug-likeness (QED) is 0.253. The SMILES string of the molecule is CCCCCCCCCCCCC(N)(C(=O)O)C(C(N)=O)C(CC)N(C)C.[NaH]. The molecule has 5 N–H and O–H groups in total. The van der Waals surface area contributed by atoms with Gasteiger partial charge in [0.15, 0.2) is 0 Å². The Kier molecular flexibility index (Phi) is 17.9. The Hall–Kier alpha value is -0.140. The summed E-state index contributed by atoms with van der Waals surface area (Å²) in [6, 6.07) is -0.285. The molecular formula is C21H44N3NaO3. The number of amides is 1. The van der Waals surface area contributed by atoms with E-state index < -0.39 is 23.3 Å². The second-order valence-corrected chi connectivity index (χ2v) is 8.10. The molecule has 0 radical (unpaired) electrons. The number of aliphatic carboxylic acids is 1. The van der Waals surface area contributed by atoms with E-state index >= 15 is 0 Å². The Bertz CT molecular complexity index is 435. The van der Waals surface area contributed by atoms with E-state index in [0.29, 0.717) is 12.8 Å². The van der Waals surface area contributed by atoms with Crippen molar-refractivity contribution >= 4 is 41.4 Å². The van der Waals surface area contributed by atoms with E-state index in [-0.39, 0.29) is 42.0 Å². The maximum atomic E-state index is 12.1. The molecule has 0 aromatic heterocycles. The van der Waals surface area contributed by atoms with Gasteiger partial charge in [0.1, 0.15) is 5.54 Å². The second-order valence-electron chi connectivity index (χ2n) is 8.10. The summed E-state index contributed by atoms with van der Waals surface area (Å²) in [5, 5.41) is 9.77. The molecule has 0 saturated carbocycles. The van der Waals surface area contributed by atoms with Crippen LogP contribution in [0, 0.1) is 5.92 Å². The monoisotopic (exact) mass is 409 g/mol. The number of carbonyl (C=O) groups excluding carboxylic acids is 1. The molecule has 0 aliphatic rings. The van der Waals surface area contributed by atoms with E-state index in [1.807, 2.05) is 25.9 Å². The van der Waals surface area contributed by atoms with E-state index in [9.17, 15) is 14.7 Å². The molecular weight excluding hydrogens is 365 g/mol. The third kappa shape index (κ3) is 10.6. The van der Waals surface area contributed by atoms with Crippen molar-refractivity contribution in [3.63, 3.8) is 0 Å². The van der Waals surface area contributed by atoms with E-state index in [2.05, 4.69) is 6.92 Å². The fourth-order valence-electron chi connectivity index (χ4n) is 3.99. The summed E-state index contributed by atoms with van der Waals surface area (Å²) >= 11 is 0. The van der Waals surface area contributed by atoms with Crippen LogP contribution in [0.4, 0.5) is 0 Å². The fourth-order valence-corrected chi connectivity index (χ4v) is 3.99. The summed E-state index contributed by atoms with van der Waals surface area (Å²) < 4.78 is 0. The van der Waals surface area contributed by atoms with Crippen molar-refractivity contribution in [3.8, 4) is 0 Å². The standard InChI is InChI=1S/C21H43N3O3.Na.H/c1-5-7-8-9-10-11-12-13-14-15-16-21(23,20(26)27)18(19(22)25)17(6-2)24(3)4;;/h17-18H,5-16,23H2,1-4H3,(H2,22,25)(H,26,27);;. The van der Waals surface area contributed by atoms with Crippen LogP contribution in [0.25, 0.3) is 0 Å². The zero-order valence-corrected chi connectivity index (χ0v) is 18.0. The van der Waals surface area contributed by atoms with Crippen LogP contribution in [-0.2, 0) is 9.59 Å². The summed E-state index contributed by atoms with van der Waals surface area (Å²) in [6.45, 7) is 4.14. The van der Waals surface area contributed by atoms with Gasteiger partial charge >= 0.3 is 35.5 Å². The summed E-state index contributed by atoms with van der Waals surface area (Å²) in [5.41, 5.74) is 10.3. The van der Waals surface area contributed by atoms with Crippen LogP contribution in [0.1, 0.15) is 90.9 Å². The Morgan fingerprint density at radius 2 is 1.36 bits per heavy atom. The number of hydrogen-bond acceptors (Lipinski definition) is 4. The zero-order valence-electron chi connectivity index (χ0n) is 18.0. The van der Waals surface area contributed by atoms with Gasteiger partial charge in [-0.15, -0.1) is 0 Å². The first-order valence-electron chi connectivity index (χ1n) is 10.7. The third-order valence-electron chi connectivity index (χ3n) is 5.67. The van der Waals surface area contributed by atoms with Gasteiger partial charge < -0.3 is 21.5 Å². The molecule has 0 aromatic rings. The van der Waals surface area contributed by atoms with E-state index in [0.717, 1.165) is 12.8 Å². The van der Waals surface area contributed by atoms with Gasteiger partial charge in [-0.05, 0) is 26.9 Å². The molecule has 0 aromatic carbocycles. The summed E-state index contributed by atoms with van der Waals surface area (Å²) in [5.74, 6) is -2.68. The number of hydrogen-bond donors (Lipinski definition) is 3. The van der Waals surface area contributed by atoms with E-state index in [1.54, 1.807) is 0 Å². The second kappa shape index (κ2) is 16.6. The number of nitrogens with zero attached hydrogens (tertiary/aromatic N) is 1. The predicted octanol–water partition coefficient (Wildman–Crippen LogP) is 2.87. The predicted molar refractivity (Wildman–Crippen MR) is 119 cm³/mol. The number of rotatable bonds is 17. The van der Waals surface area contributed by atoms with Gasteiger partial charge in [-0.3, -0.25) is 9.59 Å². The summed E-state index contributed by atoms with van der Waals surface area (Å²) in [7, 11) is 3.65. The van der Waals surface area contributed by atoms with Gasteiger partial charge in [-0.25, -0.2) is 0 Å². The number of nitrogens with two attached hydrogens (primary N) is 2. The third-order valence-corrected chi connectivity index (χ3v) is 5.67. The molecule has 162 valence electrons. The van der Waals surface area contributed by atoms with Crippen molar-refractivity contribution in [2.24, 2.45) is 17.4 Å². The molecule has 0 aliphatic carbocycles. The molecule has 6 nitrogen and oxygen atoms in total.